The second-order valence-electron chi connectivity index (χ2n) is 2.69. The normalized spacial score (nSPS) is 10.2. The second-order valence-corrected chi connectivity index (χ2v) is 2.69. The van der Waals surface area contributed by atoms with Gasteiger partial charge in [-0.3, -0.25) is 0 Å². The van der Waals surface area contributed by atoms with Crippen LogP contribution in [0, 0.1) is 0 Å². The van der Waals surface area contributed by atoms with E-state index in [1.165, 1.54) is 6.20 Å². The van der Waals surface area contributed by atoms with Crippen molar-refractivity contribution >= 4 is 5.82 Å². The first-order valence-electron chi connectivity index (χ1n) is 3.82. The molecule has 0 fully saturated rings. The number of aryl methyl sites for hydroxylation is 1. The van der Waals surface area contributed by atoms with Crippen molar-refractivity contribution in [1.29, 1.82) is 0 Å². The summed E-state index contributed by atoms with van der Waals surface area (Å²) in [4.78, 5) is 12.2. The van der Waals surface area contributed by atoms with Crippen LogP contribution in [0.3, 0.4) is 0 Å². The number of anilines is 1. The van der Waals surface area contributed by atoms with Crippen molar-refractivity contribution < 1.29 is 0 Å². The Balaban J connectivity index is 2.47. The number of nitrogen functional groups attached to an aromatic ring is 1. The number of rotatable bonds is 1. The van der Waals surface area contributed by atoms with E-state index in [4.69, 9.17) is 5.73 Å². The monoisotopic (exact) mass is 175 g/mol. The minimum absolute atomic E-state index is 0.415. The number of aromatic nitrogens is 4. The quantitative estimate of drug-likeness (QED) is 0.683. The maximum absolute atomic E-state index is 5.42. The number of imidazole rings is 1. The molecule has 2 aromatic rings. The van der Waals surface area contributed by atoms with Gasteiger partial charge in [-0.05, 0) is 0 Å². The topological polar surface area (TPSA) is 69.6 Å². The number of hydrogen-bond donors (Lipinski definition) is 1. The Morgan fingerprint density at radius 3 is 2.62 bits per heavy atom. The molecule has 0 aliphatic carbocycles. The highest BCUT2D eigenvalue weighted by Crippen LogP contribution is 2.11. The van der Waals surface area contributed by atoms with E-state index in [0.29, 0.717) is 5.82 Å². The summed E-state index contributed by atoms with van der Waals surface area (Å²) in [6.07, 6.45) is 6.70. The minimum Gasteiger partial charge on any atom is -0.382 e. The smallest absolute Gasteiger partial charge is 0.159 e. The van der Waals surface area contributed by atoms with Crippen LogP contribution in [-0.4, -0.2) is 19.5 Å². The molecule has 13 heavy (non-hydrogen) atoms. The summed E-state index contributed by atoms with van der Waals surface area (Å²) in [5, 5.41) is 0. The van der Waals surface area contributed by atoms with Crippen molar-refractivity contribution in [3.63, 3.8) is 0 Å². The molecule has 2 N–H and O–H groups in total. The molecule has 0 saturated heterocycles. The third-order valence-electron chi connectivity index (χ3n) is 1.72. The van der Waals surface area contributed by atoms with Gasteiger partial charge < -0.3 is 10.3 Å². The Kier molecular flexibility index (Phi) is 1.70. The molecule has 0 atom stereocenters. The summed E-state index contributed by atoms with van der Waals surface area (Å²) in [5.41, 5.74) is 6.14. The van der Waals surface area contributed by atoms with E-state index in [1.807, 2.05) is 17.8 Å². The van der Waals surface area contributed by atoms with E-state index < -0.39 is 0 Å². The lowest BCUT2D eigenvalue weighted by atomic mass is 10.4. The molecular formula is C8H9N5. The lowest BCUT2D eigenvalue weighted by Crippen LogP contribution is -1.96. The highest BCUT2D eigenvalue weighted by Gasteiger charge is 2.03. The summed E-state index contributed by atoms with van der Waals surface area (Å²) in [6, 6.07) is 0. The van der Waals surface area contributed by atoms with Gasteiger partial charge in [-0.2, -0.15) is 0 Å². The largest absolute Gasteiger partial charge is 0.382 e. The van der Waals surface area contributed by atoms with Crippen LogP contribution in [0.15, 0.2) is 24.8 Å². The van der Waals surface area contributed by atoms with Gasteiger partial charge in [0.25, 0.3) is 0 Å². The summed E-state index contributed by atoms with van der Waals surface area (Å²) < 4.78 is 1.88. The molecule has 0 aliphatic rings. The molecule has 2 heterocycles. The van der Waals surface area contributed by atoms with Gasteiger partial charge in [0.1, 0.15) is 11.5 Å². The van der Waals surface area contributed by atoms with E-state index in [2.05, 4.69) is 15.0 Å². The van der Waals surface area contributed by atoms with Crippen molar-refractivity contribution in [3.8, 4) is 11.5 Å². The molecular weight excluding hydrogens is 166 g/mol. The molecule has 0 aliphatic heterocycles. The van der Waals surface area contributed by atoms with Crippen LogP contribution in [0.5, 0.6) is 0 Å². The molecule has 0 amide bonds. The third kappa shape index (κ3) is 1.35. The molecule has 0 spiro atoms. The van der Waals surface area contributed by atoms with Gasteiger partial charge in [-0.1, -0.05) is 0 Å². The molecule has 66 valence electrons. The third-order valence-corrected chi connectivity index (χ3v) is 1.72. The van der Waals surface area contributed by atoms with Crippen molar-refractivity contribution in [2.45, 2.75) is 0 Å². The zero-order valence-corrected chi connectivity index (χ0v) is 7.18. The Morgan fingerprint density at radius 1 is 1.23 bits per heavy atom. The first-order valence-corrected chi connectivity index (χ1v) is 3.82. The number of nitrogens with zero attached hydrogens (tertiary/aromatic N) is 4. The molecule has 5 heteroatoms. The van der Waals surface area contributed by atoms with Crippen LogP contribution < -0.4 is 5.73 Å². The summed E-state index contributed by atoms with van der Waals surface area (Å²) in [5.74, 6) is 1.20. The van der Waals surface area contributed by atoms with Crippen molar-refractivity contribution in [2.24, 2.45) is 7.05 Å². The highest BCUT2D eigenvalue weighted by atomic mass is 15.1. The van der Waals surface area contributed by atoms with Crippen molar-refractivity contribution in [3.05, 3.63) is 24.8 Å². The van der Waals surface area contributed by atoms with Crippen LogP contribution in [-0.2, 0) is 7.05 Å². The van der Waals surface area contributed by atoms with Gasteiger partial charge in [-0.25, -0.2) is 15.0 Å². The fraction of sp³-hybridized carbons (Fsp3) is 0.125. The van der Waals surface area contributed by atoms with Crippen molar-refractivity contribution in [2.75, 3.05) is 5.73 Å². The van der Waals surface area contributed by atoms with Crippen molar-refractivity contribution in [1.82, 2.24) is 19.5 Å². The predicted molar refractivity (Wildman–Crippen MR) is 48.6 cm³/mol. The average molecular weight is 175 g/mol. The fourth-order valence-corrected chi connectivity index (χ4v) is 1.07. The minimum atomic E-state index is 0.415. The average Bonchev–Trinajstić information content (AvgIpc) is 2.53. The fourth-order valence-electron chi connectivity index (χ4n) is 1.07. The van der Waals surface area contributed by atoms with Gasteiger partial charge >= 0.3 is 0 Å². The van der Waals surface area contributed by atoms with Gasteiger partial charge in [0.2, 0.25) is 0 Å². The van der Waals surface area contributed by atoms with Crippen LogP contribution in [0.4, 0.5) is 5.82 Å². The van der Waals surface area contributed by atoms with E-state index in [-0.39, 0.29) is 0 Å². The first kappa shape index (κ1) is 7.72. The Hall–Kier alpha value is -1.91. The SMILES string of the molecule is Cn1ccnc1-c1cnc(N)cn1. The van der Waals surface area contributed by atoms with Gasteiger partial charge in [0, 0.05) is 19.4 Å². The number of nitrogens with two attached hydrogens (primary N) is 1. The molecule has 2 rings (SSSR count). The standard InChI is InChI=1S/C8H9N5/c1-13-3-2-10-8(13)6-4-12-7(9)5-11-6/h2-5H,1H3,(H2,9,12). The first-order chi connectivity index (χ1) is 6.27. The highest BCUT2D eigenvalue weighted by molar-refractivity contribution is 5.49. The van der Waals surface area contributed by atoms with Crippen LogP contribution in [0.25, 0.3) is 11.5 Å². The van der Waals surface area contributed by atoms with Gasteiger partial charge in [-0.15, -0.1) is 0 Å². The Labute approximate surface area is 75.3 Å². The summed E-state index contributed by atoms with van der Waals surface area (Å²) >= 11 is 0. The van der Waals surface area contributed by atoms with E-state index in [9.17, 15) is 0 Å². The summed E-state index contributed by atoms with van der Waals surface area (Å²) in [6.45, 7) is 0. The van der Waals surface area contributed by atoms with Gasteiger partial charge in [0.15, 0.2) is 5.82 Å². The lowest BCUT2D eigenvalue weighted by molar-refractivity contribution is 0.915. The van der Waals surface area contributed by atoms with Gasteiger partial charge in [0.05, 0.1) is 12.4 Å². The zero-order valence-electron chi connectivity index (χ0n) is 7.18. The maximum atomic E-state index is 5.42. The lowest BCUT2D eigenvalue weighted by Gasteiger charge is -1.99. The van der Waals surface area contributed by atoms with E-state index in [0.717, 1.165) is 11.5 Å². The molecule has 2 aromatic heterocycles. The summed E-state index contributed by atoms with van der Waals surface area (Å²) in [7, 11) is 1.90. The molecule has 0 unspecified atom stereocenters. The number of hydrogen-bond acceptors (Lipinski definition) is 4. The maximum Gasteiger partial charge on any atom is 0.159 e. The Bertz CT molecular complexity index is 403. The van der Waals surface area contributed by atoms with Crippen LogP contribution >= 0.6 is 0 Å². The van der Waals surface area contributed by atoms with E-state index >= 15 is 0 Å². The second kappa shape index (κ2) is 2.85. The zero-order chi connectivity index (χ0) is 9.26. The molecule has 5 nitrogen and oxygen atoms in total. The van der Waals surface area contributed by atoms with Crippen LogP contribution in [0.1, 0.15) is 0 Å². The molecule has 0 bridgehead atoms. The molecule has 0 radical (unpaired) electrons. The van der Waals surface area contributed by atoms with Crippen LogP contribution in [0.2, 0.25) is 0 Å². The Morgan fingerprint density at radius 2 is 2.08 bits per heavy atom. The molecule has 0 aromatic carbocycles. The molecule has 0 saturated carbocycles. The predicted octanol–water partition coefficient (Wildman–Crippen LogP) is 0.459. The van der Waals surface area contributed by atoms with E-state index in [1.54, 1.807) is 12.4 Å².